The van der Waals surface area contributed by atoms with Crippen molar-refractivity contribution in [3.8, 4) is 17.0 Å². The third-order valence-corrected chi connectivity index (χ3v) is 2.96. The summed E-state index contributed by atoms with van der Waals surface area (Å²) in [6, 6.07) is 7.00. The van der Waals surface area contributed by atoms with Gasteiger partial charge in [-0.15, -0.1) is 0 Å². The van der Waals surface area contributed by atoms with Gasteiger partial charge in [-0.05, 0) is 12.1 Å². The van der Waals surface area contributed by atoms with Crippen molar-refractivity contribution in [3.05, 3.63) is 42.2 Å². The zero-order chi connectivity index (χ0) is 15.2. The number of anilines is 1. The van der Waals surface area contributed by atoms with Gasteiger partial charge in [0, 0.05) is 11.6 Å². The summed E-state index contributed by atoms with van der Waals surface area (Å²) >= 11 is 0. The first-order chi connectivity index (χ1) is 9.88. The summed E-state index contributed by atoms with van der Waals surface area (Å²) in [5.74, 6) is -0.110. The molecular weight excluding hydrogens is 285 g/mol. The Balaban J connectivity index is 2.34. The summed E-state index contributed by atoms with van der Waals surface area (Å²) in [7, 11) is 0. The number of benzene rings is 1. The molecule has 2 heterocycles. The molecule has 8 heteroatoms. The molecule has 5 nitrogen and oxygen atoms in total. The highest BCUT2D eigenvalue weighted by Crippen LogP contribution is 2.34. The van der Waals surface area contributed by atoms with Crippen LogP contribution in [-0.4, -0.2) is 19.7 Å². The van der Waals surface area contributed by atoms with Crippen molar-refractivity contribution in [2.75, 3.05) is 5.73 Å². The van der Waals surface area contributed by atoms with Gasteiger partial charge in [0.15, 0.2) is 11.3 Å². The SMILES string of the molecule is Nc1cnc2cc(C(F)(F)F)nn2c1-c1ccccc1O. The third-order valence-electron chi connectivity index (χ3n) is 2.96. The summed E-state index contributed by atoms with van der Waals surface area (Å²) in [5.41, 5.74) is 5.26. The molecule has 3 N–H and O–H groups in total. The summed E-state index contributed by atoms with van der Waals surface area (Å²) < 4.78 is 39.2. The molecule has 0 bridgehead atoms. The van der Waals surface area contributed by atoms with Crippen LogP contribution in [-0.2, 0) is 6.18 Å². The molecule has 21 heavy (non-hydrogen) atoms. The minimum absolute atomic E-state index is 0.00484. The fourth-order valence-electron chi connectivity index (χ4n) is 2.03. The lowest BCUT2D eigenvalue weighted by Crippen LogP contribution is -2.07. The van der Waals surface area contributed by atoms with Gasteiger partial charge in [0.05, 0.1) is 11.9 Å². The van der Waals surface area contributed by atoms with Crippen LogP contribution in [0.25, 0.3) is 16.9 Å². The number of fused-ring (bicyclic) bond motifs is 1. The van der Waals surface area contributed by atoms with Gasteiger partial charge in [-0.25, -0.2) is 9.50 Å². The van der Waals surface area contributed by atoms with Gasteiger partial charge in [0.25, 0.3) is 0 Å². The first-order valence-electron chi connectivity index (χ1n) is 5.88. The largest absolute Gasteiger partial charge is 0.507 e. The van der Waals surface area contributed by atoms with Gasteiger partial charge in [-0.1, -0.05) is 12.1 Å². The van der Waals surface area contributed by atoms with Crippen LogP contribution >= 0.6 is 0 Å². The van der Waals surface area contributed by atoms with Crippen molar-refractivity contribution in [2.45, 2.75) is 6.18 Å². The predicted molar refractivity (Wildman–Crippen MR) is 69.5 cm³/mol. The van der Waals surface area contributed by atoms with E-state index < -0.39 is 11.9 Å². The predicted octanol–water partition coefficient (Wildman–Crippen LogP) is 2.70. The van der Waals surface area contributed by atoms with Crippen molar-refractivity contribution in [1.82, 2.24) is 14.6 Å². The molecule has 0 amide bonds. The summed E-state index contributed by atoms with van der Waals surface area (Å²) in [5, 5.41) is 13.4. The van der Waals surface area contributed by atoms with E-state index >= 15 is 0 Å². The van der Waals surface area contributed by atoms with Crippen LogP contribution in [0.4, 0.5) is 18.9 Å². The van der Waals surface area contributed by atoms with E-state index in [0.717, 1.165) is 10.6 Å². The highest BCUT2D eigenvalue weighted by atomic mass is 19.4. The highest BCUT2D eigenvalue weighted by Gasteiger charge is 2.34. The van der Waals surface area contributed by atoms with Crippen LogP contribution < -0.4 is 5.73 Å². The highest BCUT2D eigenvalue weighted by molar-refractivity contribution is 5.78. The van der Waals surface area contributed by atoms with Gasteiger partial charge in [-0.3, -0.25) is 0 Å². The van der Waals surface area contributed by atoms with Crippen LogP contribution in [0.1, 0.15) is 5.69 Å². The Labute approximate surface area is 116 Å². The maximum atomic E-state index is 12.8. The van der Waals surface area contributed by atoms with Crippen LogP contribution in [0.2, 0.25) is 0 Å². The molecule has 0 atom stereocenters. The van der Waals surface area contributed by atoms with Gasteiger partial charge in [-0.2, -0.15) is 18.3 Å². The zero-order valence-electron chi connectivity index (χ0n) is 10.5. The molecule has 0 spiro atoms. The smallest absolute Gasteiger partial charge is 0.435 e. The molecule has 0 fully saturated rings. The quantitative estimate of drug-likeness (QED) is 0.723. The average molecular weight is 294 g/mol. The number of alkyl halides is 3. The zero-order valence-corrected chi connectivity index (χ0v) is 10.5. The Bertz CT molecular complexity index is 826. The number of nitrogens with two attached hydrogens (primary N) is 1. The first kappa shape index (κ1) is 13.2. The number of phenols is 1. The molecule has 108 valence electrons. The normalized spacial score (nSPS) is 12.0. The van der Waals surface area contributed by atoms with Gasteiger partial charge in [0.1, 0.15) is 11.4 Å². The number of hydrogen-bond donors (Lipinski definition) is 2. The average Bonchev–Trinajstić information content (AvgIpc) is 2.84. The number of aromatic nitrogens is 3. The molecule has 0 radical (unpaired) electrons. The van der Waals surface area contributed by atoms with E-state index in [1.807, 2.05) is 0 Å². The van der Waals surface area contributed by atoms with Crippen LogP contribution in [0.15, 0.2) is 36.5 Å². The van der Waals surface area contributed by atoms with E-state index in [1.54, 1.807) is 12.1 Å². The van der Waals surface area contributed by atoms with Crippen LogP contribution in [0.5, 0.6) is 5.75 Å². The van der Waals surface area contributed by atoms with Gasteiger partial charge < -0.3 is 10.8 Å². The lowest BCUT2D eigenvalue weighted by Gasteiger charge is -2.09. The number of halogens is 3. The van der Waals surface area contributed by atoms with E-state index in [1.165, 1.54) is 18.3 Å². The van der Waals surface area contributed by atoms with Gasteiger partial charge in [0.2, 0.25) is 0 Å². The number of phenolic OH excluding ortho intramolecular Hbond substituents is 1. The molecule has 0 saturated carbocycles. The van der Waals surface area contributed by atoms with E-state index in [4.69, 9.17) is 5.73 Å². The molecule has 0 saturated heterocycles. The minimum atomic E-state index is -4.58. The Hall–Kier alpha value is -2.77. The Morgan fingerprint density at radius 3 is 2.57 bits per heavy atom. The number of para-hydroxylation sites is 1. The summed E-state index contributed by atoms with van der Waals surface area (Å²) in [6.45, 7) is 0. The number of rotatable bonds is 1. The fraction of sp³-hybridized carbons (Fsp3) is 0.0769. The third kappa shape index (κ3) is 2.14. The molecule has 0 aliphatic heterocycles. The molecule has 0 aliphatic carbocycles. The van der Waals surface area contributed by atoms with Gasteiger partial charge >= 0.3 is 6.18 Å². The van der Waals surface area contributed by atoms with Crippen LogP contribution in [0.3, 0.4) is 0 Å². The minimum Gasteiger partial charge on any atom is -0.507 e. The van der Waals surface area contributed by atoms with E-state index in [9.17, 15) is 18.3 Å². The van der Waals surface area contributed by atoms with Crippen molar-refractivity contribution in [3.63, 3.8) is 0 Å². The number of nitrogen functional groups attached to an aromatic ring is 1. The fourth-order valence-corrected chi connectivity index (χ4v) is 2.03. The molecule has 2 aromatic heterocycles. The maximum Gasteiger partial charge on any atom is 0.435 e. The van der Waals surface area contributed by atoms with Crippen molar-refractivity contribution in [1.29, 1.82) is 0 Å². The maximum absolute atomic E-state index is 12.8. The first-order valence-corrected chi connectivity index (χ1v) is 5.88. The molecule has 0 aliphatic rings. The standard InChI is InChI=1S/C13H9F3N4O/c14-13(15,16)10-5-11-18-6-8(17)12(20(11)19-10)7-3-1-2-4-9(7)21/h1-6,21H,17H2. The Kier molecular flexibility index (Phi) is 2.75. The lowest BCUT2D eigenvalue weighted by molar-refractivity contribution is -0.141. The number of nitrogens with zero attached hydrogens (tertiary/aromatic N) is 3. The molecule has 1 aromatic carbocycles. The summed E-state index contributed by atoms with van der Waals surface area (Å²) in [4.78, 5) is 3.82. The topological polar surface area (TPSA) is 76.4 Å². The number of aromatic hydroxyl groups is 1. The van der Waals surface area contributed by atoms with E-state index in [0.29, 0.717) is 0 Å². The molecule has 0 unspecified atom stereocenters. The van der Waals surface area contributed by atoms with Crippen LogP contribution in [0, 0.1) is 0 Å². The Morgan fingerprint density at radius 1 is 1.19 bits per heavy atom. The molecule has 3 aromatic rings. The second kappa shape index (κ2) is 4.37. The van der Waals surface area contributed by atoms with E-state index in [-0.39, 0.29) is 28.3 Å². The summed E-state index contributed by atoms with van der Waals surface area (Å²) in [6.07, 6.45) is -3.35. The second-order valence-electron chi connectivity index (χ2n) is 4.38. The number of hydrogen-bond acceptors (Lipinski definition) is 4. The molecular formula is C13H9F3N4O. The Morgan fingerprint density at radius 2 is 1.90 bits per heavy atom. The van der Waals surface area contributed by atoms with E-state index in [2.05, 4.69) is 10.1 Å². The molecule has 3 rings (SSSR count). The van der Waals surface area contributed by atoms with Crippen molar-refractivity contribution in [2.24, 2.45) is 0 Å². The monoisotopic (exact) mass is 294 g/mol. The van der Waals surface area contributed by atoms with Crippen molar-refractivity contribution >= 4 is 11.3 Å². The van der Waals surface area contributed by atoms with Crippen molar-refractivity contribution < 1.29 is 18.3 Å². The second-order valence-corrected chi connectivity index (χ2v) is 4.38. The lowest BCUT2D eigenvalue weighted by atomic mass is 10.1.